The third-order valence-electron chi connectivity index (χ3n) is 4.82. The molecule has 4 rings (SSSR count). The number of aryl methyl sites for hydroxylation is 2. The Morgan fingerprint density at radius 3 is 2.33 bits per heavy atom. The molecule has 0 bridgehead atoms. The Balaban J connectivity index is 1.71. The quantitative estimate of drug-likeness (QED) is 0.887. The van der Waals surface area contributed by atoms with E-state index < -0.39 is 0 Å². The van der Waals surface area contributed by atoms with Crippen LogP contribution >= 0.6 is 0 Å². The first kappa shape index (κ1) is 17.3. The minimum atomic E-state index is -0.305. The standard InChI is InChI=1S/C19H21N5O3/c1-10-5-11(2)21-18(20-10)23-19-22-17(25)14-6-12-7-15(26-3)16(27-4)8-13(12)9-24(14)19/h5,7-8,14H,6,9H2,1-4H3,(H,20,21,22,23,25). The maximum Gasteiger partial charge on any atom is 0.253 e. The highest BCUT2D eigenvalue weighted by atomic mass is 16.5. The summed E-state index contributed by atoms with van der Waals surface area (Å²) < 4.78 is 10.8. The number of fused-ring (bicyclic) bond motifs is 2. The second-order valence-corrected chi connectivity index (χ2v) is 6.70. The number of nitrogens with one attached hydrogen (secondary N) is 1. The Hall–Kier alpha value is -3.16. The molecule has 1 N–H and O–H groups in total. The average Bonchev–Trinajstić information content (AvgIpc) is 2.92. The molecule has 1 aromatic carbocycles. The summed E-state index contributed by atoms with van der Waals surface area (Å²) in [5, 5.41) is 2.87. The smallest absolute Gasteiger partial charge is 0.253 e. The summed E-state index contributed by atoms with van der Waals surface area (Å²) in [6.45, 7) is 4.33. The summed E-state index contributed by atoms with van der Waals surface area (Å²) in [5.74, 6) is 2.10. The molecule has 8 nitrogen and oxygen atoms in total. The van der Waals surface area contributed by atoms with Gasteiger partial charge < -0.3 is 14.4 Å². The van der Waals surface area contributed by atoms with Gasteiger partial charge >= 0.3 is 0 Å². The lowest BCUT2D eigenvalue weighted by Crippen LogP contribution is -2.40. The maximum absolute atomic E-state index is 12.5. The van der Waals surface area contributed by atoms with Crippen molar-refractivity contribution in [2.75, 3.05) is 14.2 Å². The van der Waals surface area contributed by atoms with Gasteiger partial charge in [-0.05, 0) is 43.2 Å². The number of aromatic nitrogens is 2. The summed E-state index contributed by atoms with van der Waals surface area (Å²) in [4.78, 5) is 27.6. The summed E-state index contributed by atoms with van der Waals surface area (Å²) in [6, 6.07) is 5.48. The van der Waals surface area contributed by atoms with Crippen molar-refractivity contribution in [1.82, 2.24) is 20.2 Å². The van der Waals surface area contributed by atoms with Gasteiger partial charge in [-0.2, -0.15) is 4.99 Å². The number of methoxy groups -OCH3 is 2. The zero-order chi connectivity index (χ0) is 19.1. The minimum Gasteiger partial charge on any atom is -0.493 e. The molecule has 1 amide bonds. The second kappa shape index (κ2) is 6.53. The first-order valence-corrected chi connectivity index (χ1v) is 8.70. The molecule has 1 fully saturated rings. The Kier molecular flexibility index (Phi) is 4.18. The highest BCUT2D eigenvalue weighted by Gasteiger charge is 2.40. The van der Waals surface area contributed by atoms with Gasteiger partial charge in [0.25, 0.3) is 5.95 Å². The van der Waals surface area contributed by atoms with Gasteiger partial charge in [0.1, 0.15) is 6.04 Å². The van der Waals surface area contributed by atoms with Crippen LogP contribution in [0.3, 0.4) is 0 Å². The van der Waals surface area contributed by atoms with Crippen molar-refractivity contribution < 1.29 is 14.3 Å². The molecule has 1 saturated heterocycles. The van der Waals surface area contributed by atoms with Crippen molar-refractivity contribution >= 4 is 17.8 Å². The fourth-order valence-corrected chi connectivity index (χ4v) is 3.58. The van der Waals surface area contributed by atoms with Crippen molar-refractivity contribution in [2.24, 2.45) is 4.99 Å². The topological polar surface area (TPSA) is 88.9 Å². The van der Waals surface area contributed by atoms with Crippen LogP contribution in [0.5, 0.6) is 11.5 Å². The highest BCUT2D eigenvalue weighted by molar-refractivity contribution is 6.07. The highest BCUT2D eigenvalue weighted by Crippen LogP contribution is 2.35. The molecule has 2 aliphatic heterocycles. The number of carbonyl (C=O) groups excluding carboxylic acids is 1. The number of rotatable bonds is 3. The summed E-state index contributed by atoms with van der Waals surface area (Å²) >= 11 is 0. The van der Waals surface area contributed by atoms with Crippen LogP contribution in [0.2, 0.25) is 0 Å². The molecule has 0 radical (unpaired) electrons. The number of hydrogen-bond donors (Lipinski definition) is 1. The Morgan fingerprint density at radius 1 is 1.07 bits per heavy atom. The Morgan fingerprint density at radius 2 is 1.70 bits per heavy atom. The number of benzene rings is 1. The molecule has 3 heterocycles. The Labute approximate surface area is 157 Å². The van der Waals surface area contributed by atoms with Crippen molar-refractivity contribution in [3.8, 4) is 11.5 Å². The largest absolute Gasteiger partial charge is 0.493 e. The van der Waals surface area contributed by atoms with E-state index in [9.17, 15) is 4.79 Å². The van der Waals surface area contributed by atoms with Crippen LogP contribution in [0.15, 0.2) is 23.2 Å². The van der Waals surface area contributed by atoms with E-state index >= 15 is 0 Å². The lowest BCUT2D eigenvalue weighted by molar-refractivity contribution is -0.121. The molecular formula is C19H21N5O3. The minimum absolute atomic E-state index is 0.0708. The lowest BCUT2D eigenvalue weighted by atomic mass is 9.94. The molecule has 8 heteroatoms. The molecule has 1 unspecified atom stereocenters. The third kappa shape index (κ3) is 3.07. The summed E-state index contributed by atoms with van der Waals surface area (Å²) in [7, 11) is 3.22. The summed E-state index contributed by atoms with van der Waals surface area (Å²) in [6.07, 6.45) is 0.578. The molecule has 0 aliphatic carbocycles. The number of amides is 1. The molecular weight excluding hydrogens is 346 g/mol. The lowest BCUT2D eigenvalue weighted by Gasteiger charge is -2.31. The SMILES string of the molecule is COc1cc2c(cc1OC)CN1/C(=N/c3nc(C)cc(C)n3)NC(=O)C1C2. The van der Waals surface area contributed by atoms with Gasteiger partial charge in [-0.3, -0.25) is 10.1 Å². The van der Waals surface area contributed by atoms with Gasteiger partial charge in [0, 0.05) is 24.4 Å². The fourth-order valence-electron chi connectivity index (χ4n) is 3.58. The molecule has 1 aromatic heterocycles. The number of hydrogen-bond acceptors (Lipinski definition) is 6. The fraction of sp³-hybridized carbons (Fsp3) is 0.368. The predicted molar refractivity (Wildman–Crippen MR) is 99.3 cm³/mol. The third-order valence-corrected chi connectivity index (χ3v) is 4.82. The van der Waals surface area contributed by atoms with Crippen molar-refractivity contribution in [1.29, 1.82) is 0 Å². The van der Waals surface area contributed by atoms with Gasteiger partial charge in [-0.1, -0.05) is 0 Å². The molecule has 2 aliphatic rings. The first-order valence-electron chi connectivity index (χ1n) is 8.70. The number of aliphatic imine (C=N–C) groups is 1. The van der Waals surface area contributed by atoms with Crippen molar-refractivity contribution in [2.45, 2.75) is 32.9 Å². The van der Waals surface area contributed by atoms with E-state index in [4.69, 9.17) is 9.47 Å². The van der Waals surface area contributed by atoms with Crippen molar-refractivity contribution in [3.63, 3.8) is 0 Å². The van der Waals surface area contributed by atoms with E-state index in [0.717, 1.165) is 22.5 Å². The molecule has 1 atom stereocenters. The zero-order valence-corrected chi connectivity index (χ0v) is 15.7. The summed E-state index contributed by atoms with van der Waals surface area (Å²) in [5.41, 5.74) is 3.83. The number of ether oxygens (including phenoxy) is 2. The van der Waals surface area contributed by atoms with E-state index in [1.807, 2.05) is 36.9 Å². The normalized spacial score (nSPS) is 19.6. The second-order valence-electron chi connectivity index (χ2n) is 6.70. The van der Waals surface area contributed by atoms with E-state index in [2.05, 4.69) is 20.3 Å². The molecule has 2 aromatic rings. The van der Waals surface area contributed by atoms with E-state index in [0.29, 0.717) is 36.4 Å². The zero-order valence-electron chi connectivity index (χ0n) is 15.7. The number of carbonyl (C=O) groups is 1. The van der Waals surface area contributed by atoms with Crippen LogP contribution < -0.4 is 14.8 Å². The van der Waals surface area contributed by atoms with Gasteiger partial charge in [0.2, 0.25) is 11.9 Å². The van der Waals surface area contributed by atoms with Gasteiger partial charge in [0.05, 0.1) is 14.2 Å². The molecule has 27 heavy (non-hydrogen) atoms. The number of nitrogens with zero attached hydrogens (tertiary/aromatic N) is 4. The monoisotopic (exact) mass is 367 g/mol. The van der Waals surface area contributed by atoms with Crippen molar-refractivity contribution in [3.05, 3.63) is 40.7 Å². The predicted octanol–water partition coefficient (Wildman–Crippen LogP) is 1.65. The number of guanidine groups is 1. The van der Waals surface area contributed by atoms with Crippen LogP contribution in [-0.2, 0) is 17.8 Å². The van der Waals surface area contributed by atoms with Gasteiger partial charge in [0.15, 0.2) is 11.5 Å². The molecule has 0 spiro atoms. The average molecular weight is 367 g/mol. The van der Waals surface area contributed by atoms with E-state index in [1.165, 1.54) is 0 Å². The van der Waals surface area contributed by atoms with E-state index in [-0.39, 0.29) is 11.9 Å². The Bertz CT molecular complexity index is 936. The van der Waals surface area contributed by atoms with E-state index in [1.54, 1.807) is 14.2 Å². The van der Waals surface area contributed by atoms with Gasteiger partial charge in [-0.25, -0.2) is 9.97 Å². The molecule has 0 saturated carbocycles. The first-order chi connectivity index (χ1) is 13.0. The van der Waals surface area contributed by atoms with Crippen LogP contribution in [0.1, 0.15) is 22.5 Å². The van der Waals surface area contributed by atoms with Gasteiger partial charge in [-0.15, -0.1) is 0 Å². The van der Waals surface area contributed by atoms with Crippen LogP contribution in [-0.4, -0.2) is 47.0 Å². The van der Waals surface area contributed by atoms with Crippen LogP contribution in [0, 0.1) is 13.8 Å². The maximum atomic E-state index is 12.5. The van der Waals surface area contributed by atoms with Crippen LogP contribution in [0.25, 0.3) is 0 Å². The molecule has 140 valence electrons. The van der Waals surface area contributed by atoms with Crippen LogP contribution in [0.4, 0.5) is 5.95 Å².